The van der Waals surface area contributed by atoms with Gasteiger partial charge in [-0.2, -0.15) is 0 Å². The first-order valence-corrected chi connectivity index (χ1v) is 31.7. The van der Waals surface area contributed by atoms with Gasteiger partial charge >= 0.3 is 17.9 Å². The molecule has 0 N–H and O–H groups in total. The quantitative estimate of drug-likeness (QED) is 0.0261. The Morgan fingerprint density at radius 3 is 0.844 bits per heavy atom. The molecule has 1 unspecified atom stereocenters. The lowest BCUT2D eigenvalue weighted by Crippen LogP contribution is -2.30. The van der Waals surface area contributed by atoms with Crippen LogP contribution in [0.3, 0.4) is 0 Å². The highest BCUT2D eigenvalue weighted by Gasteiger charge is 2.19. The van der Waals surface area contributed by atoms with Gasteiger partial charge in [-0.05, 0) is 135 Å². The molecule has 0 amide bonds. The average molecular weight is 1070 g/mol. The second-order valence-electron chi connectivity index (χ2n) is 20.6. The molecule has 0 rings (SSSR count). The molecule has 0 radical (unpaired) electrons. The van der Waals surface area contributed by atoms with Crippen LogP contribution in [0, 0.1) is 0 Å². The van der Waals surface area contributed by atoms with E-state index in [-0.39, 0.29) is 31.1 Å². The Bertz CT molecular complexity index is 1650. The number of esters is 3. The van der Waals surface area contributed by atoms with Crippen molar-refractivity contribution in [2.24, 2.45) is 0 Å². The van der Waals surface area contributed by atoms with Crippen molar-refractivity contribution in [1.29, 1.82) is 0 Å². The summed E-state index contributed by atoms with van der Waals surface area (Å²) < 4.78 is 16.9. The molecule has 77 heavy (non-hydrogen) atoms. The molecule has 0 spiro atoms. The maximum absolute atomic E-state index is 12.9. The minimum Gasteiger partial charge on any atom is -0.462 e. The first-order chi connectivity index (χ1) is 38.0. The number of unbranched alkanes of at least 4 members (excludes halogenated alkanes) is 23. The summed E-state index contributed by atoms with van der Waals surface area (Å²) >= 11 is 0. The molecule has 0 fully saturated rings. The van der Waals surface area contributed by atoms with Crippen molar-refractivity contribution in [3.05, 3.63) is 134 Å². The van der Waals surface area contributed by atoms with Crippen LogP contribution >= 0.6 is 0 Å². The van der Waals surface area contributed by atoms with Crippen LogP contribution in [-0.2, 0) is 28.6 Å². The van der Waals surface area contributed by atoms with E-state index in [4.69, 9.17) is 14.2 Å². The molecule has 0 aromatic carbocycles. The van der Waals surface area contributed by atoms with Crippen molar-refractivity contribution in [2.45, 2.75) is 284 Å². The predicted molar refractivity (Wildman–Crippen MR) is 334 cm³/mol. The van der Waals surface area contributed by atoms with E-state index in [0.29, 0.717) is 19.3 Å². The van der Waals surface area contributed by atoms with Gasteiger partial charge in [0.2, 0.25) is 0 Å². The predicted octanol–water partition coefficient (Wildman–Crippen LogP) is 21.8. The standard InChI is InChI=1S/C71H116O6/c1-4-7-10-13-16-19-22-25-28-29-30-31-32-33-34-35-36-37-38-39-40-41-42-43-44-47-49-52-55-58-61-64-70(73)76-67-68(77-71(74)65-62-59-56-53-50-46-27-24-21-18-15-12-9-6-3)66-75-69(72)63-60-57-54-51-48-45-26-23-20-17-14-11-8-5-2/h7,10,15-16,18-19,23-28,30-31,33-34,36-37,39-40,42-43,68H,4-6,8-9,11-14,17,20-22,29,32,35,38,41,44-67H2,1-3H3/b10-7-,18-15-,19-16-,26-23-,27-24-,28-25-,31-30-,34-33-,37-36-,40-39-,43-42-. The molecule has 0 aliphatic rings. The SMILES string of the molecule is CC/C=C\C/C=C\C/C=C\C/C=C\C/C=C\C/C=C\C/C=C\C/C=C\CCCCCCCCC(=O)OCC(COC(=O)CCCCCCC/C=C\CCCCCCC)OC(=O)CCCCCCC/C=C\C/C=C\CCCC. The molecule has 1 atom stereocenters. The van der Waals surface area contributed by atoms with Crippen molar-refractivity contribution in [3.8, 4) is 0 Å². The zero-order valence-electron chi connectivity index (χ0n) is 49.9. The van der Waals surface area contributed by atoms with Crippen LogP contribution in [0.15, 0.2) is 134 Å². The monoisotopic (exact) mass is 1060 g/mol. The third kappa shape index (κ3) is 62.3. The van der Waals surface area contributed by atoms with E-state index < -0.39 is 6.10 Å². The van der Waals surface area contributed by atoms with E-state index in [9.17, 15) is 14.4 Å². The molecule has 0 bridgehead atoms. The molecule has 436 valence electrons. The summed E-state index contributed by atoms with van der Waals surface area (Å²) in [5, 5.41) is 0. The molecule has 0 aliphatic carbocycles. The molecule has 0 saturated carbocycles. The van der Waals surface area contributed by atoms with E-state index in [2.05, 4.69) is 154 Å². The van der Waals surface area contributed by atoms with Crippen LogP contribution in [0.5, 0.6) is 0 Å². The molecule has 0 saturated heterocycles. The highest BCUT2D eigenvalue weighted by molar-refractivity contribution is 5.71. The highest BCUT2D eigenvalue weighted by Crippen LogP contribution is 2.14. The fraction of sp³-hybridized carbons (Fsp3) is 0.648. The third-order valence-electron chi connectivity index (χ3n) is 13.1. The van der Waals surface area contributed by atoms with E-state index in [1.807, 2.05) is 0 Å². The molecule has 0 aliphatic heterocycles. The van der Waals surface area contributed by atoms with Crippen LogP contribution in [0.4, 0.5) is 0 Å². The molecular formula is C71H116O6. The molecule has 0 aromatic rings. The summed E-state index contributed by atoms with van der Waals surface area (Å²) in [6, 6.07) is 0. The van der Waals surface area contributed by atoms with Gasteiger partial charge in [-0.25, -0.2) is 0 Å². The maximum atomic E-state index is 12.9. The Hall–Kier alpha value is -4.45. The minimum atomic E-state index is -0.800. The number of ether oxygens (including phenoxy) is 3. The van der Waals surface area contributed by atoms with Gasteiger partial charge in [0, 0.05) is 19.3 Å². The van der Waals surface area contributed by atoms with Gasteiger partial charge in [-0.1, -0.05) is 257 Å². The lowest BCUT2D eigenvalue weighted by Gasteiger charge is -2.18. The van der Waals surface area contributed by atoms with E-state index in [0.717, 1.165) is 154 Å². The summed E-state index contributed by atoms with van der Waals surface area (Å²) in [5.41, 5.74) is 0. The molecular weight excluding hydrogens is 949 g/mol. The summed E-state index contributed by atoms with van der Waals surface area (Å²) in [6.45, 7) is 6.45. The van der Waals surface area contributed by atoms with Gasteiger partial charge in [0.1, 0.15) is 13.2 Å². The molecule has 6 nitrogen and oxygen atoms in total. The maximum Gasteiger partial charge on any atom is 0.306 e. The van der Waals surface area contributed by atoms with E-state index in [1.165, 1.54) is 83.5 Å². The van der Waals surface area contributed by atoms with Crippen LogP contribution in [0.2, 0.25) is 0 Å². The Morgan fingerprint density at radius 1 is 0.273 bits per heavy atom. The van der Waals surface area contributed by atoms with Gasteiger partial charge in [-0.15, -0.1) is 0 Å². The number of hydrogen-bond acceptors (Lipinski definition) is 6. The number of carbonyl (C=O) groups excluding carboxylic acids is 3. The van der Waals surface area contributed by atoms with Gasteiger partial charge in [0.25, 0.3) is 0 Å². The third-order valence-corrected chi connectivity index (χ3v) is 13.1. The Labute approximate surface area is 475 Å². The molecule has 0 heterocycles. The topological polar surface area (TPSA) is 78.9 Å². The first-order valence-electron chi connectivity index (χ1n) is 31.7. The lowest BCUT2D eigenvalue weighted by atomic mass is 10.1. The zero-order valence-corrected chi connectivity index (χ0v) is 49.9. The molecule has 0 aromatic heterocycles. The van der Waals surface area contributed by atoms with Crippen molar-refractivity contribution < 1.29 is 28.6 Å². The molecule has 6 heteroatoms. The van der Waals surface area contributed by atoms with Gasteiger partial charge in [0.15, 0.2) is 6.10 Å². The first kappa shape index (κ1) is 72.5. The Balaban J connectivity index is 4.34. The minimum absolute atomic E-state index is 0.0954. The van der Waals surface area contributed by atoms with Gasteiger partial charge in [0.05, 0.1) is 0 Å². The Kier molecular flexibility index (Phi) is 60.4. The lowest BCUT2D eigenvalue weighted by molar-refractivity contribution is -0.167. The van der Waals surface area contributed by atoms with Gasteiger partial charge in [-0.3, -0.25) is 14.4 Å². The summed E-state index contributed by atoms with van der Waals surface area (Å²) in [6.07, 6.45) is 90.2. The number of carbonyl (C=O) groups is 3. The fourth-order valence-corrected chi connectivity index (χ4v) is 8.35. The second kappa shape index (κ2) is 64.1. The number of hydrogen-bond donors (Lipinski definition) is 0. The van der Waals surface area contributed by atoms with E-state index in [1.54, 1.807) is 0 Å². The summed E-state index contributed by atoms with van der Waals surface area (Å²) in [5.74, 6) is -0.932. The zero-order chi connectivity index (χ0) is 55.7. The number of rotatable bonds is 56. The average Bonchev–Trinajstić information content (AvgIpc) is 3.43. The van der Waals surface area contributed by atoms with Crippen LogP contribution in [0.25, 0.3) is 0 Å². The summed E-state index contributed by atoms with van der Waals surface area (Å²) in [4.78, 5) is 38.2. The van der Waals surface area contributed by atoms with Crippen molar-refractivity contribution in [3.63, 3.8) is 0 Å². The van der Waals surface area contributed by atoms with Crippen LogP contribution in [0.1, 0.15) is 278 Å². The second-order valence-corrected chi connectivity index (χ2v) is 20.6. The van der Waals surface area contributed by atoms with Gasteiger partial charge < -0.3 is 14.2 Å². The van der Waals surface area contributed by atoms with Crippen molar-refractivity contribution in [1.82, 2.24) is 0 Å². The fourth-order valence-electron chi connectivity index (χ4n) is 8.35. The van der Waals surface area contributed by atoms with E-state index >= 15 is 0 Å². The normalized spacial score (nSPS) is 13.0. The largest absolute Gasteiger partial charge is 0.462 e. The Morgan fingerprint density at radius 2 is 0.519 bits per heavy atom. The smallest absolute Gasteiger partial charge is 0.306 e. The van der Waals surface area contributed by atoms with Crippen LogP contribution < -0.4 is 0 Å². The number of allylic oxidation sites excluding steroid dienone is 22. The van der Waals surface area contributed by atoms with Crippen molar-refractivity contribution in [2.75, 3.05) is 13.2 Å². The highest BCUT2D eigenvalue weighted by atomic mass is 16.6. The van der Waals surface area contributed by atoms with Crippen molar-refractivity contribution >= 4 is 17.9 Å². The van der Waals surface area contributed by atoms with Crippen LogP contribution in [-0.4, -0.2) is 37.2 Å². The summed E-state index contributed by atoms with van der Waals surface area (Å²) in [7, 11) is 0.